The van der Waals surface area contributed by atoms with Gasteiger partial charge in [-0.05, 0) is 56.1 Å². The first-order valence-corrected chi connectivity index (χ1v) is 10.1. The molecule has 0 aliphatic carbocycles. The Morgan fingerprint density at radius 3 is 2.61 bits per heavy atom. The predicted molar refractivity (Wildman–Crippen MR) is 109 cm³/mol. The maximum absolute atomic E-state index is 12.6. The molecule has 2 aliphatic rings. The van der Waals surface area contributed by atoms with E-state index in [9.17, 15) is 9.59 Å². The van der Waals surface area contributed by atoms with E-state index in [0.717, 1.165) is 55.7 Å². The Morgan fingerprint density at radius 1 is 1.14 bits per heavy atom. The van der Waals surface area contributed by atoms with Gasteiger partial charge in [0.15, 0.2) is 0 Å². The average molecular weight is 382 g/mol. The number of aromatic nitrogens is 1. The molecule has 1 radical (unpaired) electrons. The summed E-state index contributed by atoms with van der Waals surface area (Å²) in [5, 5.41) is 4.34. The fourth-order valence-electron chi connectivity index (χ4n) is 4.36. The van der Waals surface area contributed by atoms with Crippen molar-refractivity contribution in [1.29, 1.82) is 0 Å². The number of nitrogens with zero attached hydrogens (tertiary/aromatic N) is 2. The van der Waals surface area contributed by atoms with Crippen molar-refractivity contribution in [2.75, 3.05) is 39.3 Å². The third-order valence-electron chi connectivity index (χ3n) is 5.95. The zero-order valence-corrected chi connectivity index (χ0v) is 16.1. The molecule has 0 spiro atoms. The number of nitrogens with two attached hydrogens (primary N) is 1. The van der Waals surface area contributed by atoms with Gasteiger partial charge in [0.25, 0.3) is 5.91 Å². The minimum atomic E-state index is -0.463. The third kappa shape index (κ3) is 4.05. The number of carbonyl (C=O) groups is 2. The lowest BCUT2D eigenvalue weighted by Gasteiger charge is -2.40. The molecule has 1 aromatic carbocycles. The molecule has 149 valence electrons. The number of carbonyl (C=O) groups excluding carboxylic acids is 2. The summed E-state index contributed by atoms with van der Waals surface area (Å²) >= 11 is 0. The van der Waals surface area contributed by atoms with Gasteiger partial charge in [-0.25, -0.2) is 0 Å². The summed E-state index contributed by atoms with van der Waals surface area (Å²) in [7, 11) is 0. The monoisotopic (exact) mass is 382 g/mol. The van der Waals surface area contributed by atoms with Gasteiger partial charge in [0.1, 0.15) is 0 Å². The number of piperazine rings is 1. The Kier molecular flexibility index (Phi) is 5.64. The fourth-order valence-corrected chi connectivity index (χ4v) is 4.36. The molecule has 2 fully saturated rings. The van der Waals surface area contributed by atoms with E-state index in [0.29, 0.717) is 18.0 Å². The highest BCUT2D eigenvalue weighted by atomic mass is 16.2. The fraction of sp³-hybridized carbons (Fsp3) is 0.476. The molecule has 4 rings (SSSR count). The van der Waals surface area contributed by atoms with Gasteiger partial charge < -0.3 is 20.9 Å². The molecule has 2 amide bonds. The summed E-state index contributed by atoms with van der Waals surface area (Å²) in [6.07, 6.45) is 6.40. The number of piperidine rings is 1. The van der Waals surface area contributed by atoms with Crippen molar-refractivity contribution in [2.45, 2.75) is 25.3 Å². The minimum Gasteiger partial charge on any atom is -0.366 e. The van der Waals surface area contributed by atoms with Crippen LogP contribution in [0.5, 0.6) is 0 Å². The van der Waals surface area contributed by atoms with Crippen LogP contribution in [-0.2, 0) is 11.2 Å². The molecule has 0 unspecified atom stereocenters. The van der Waals surface area contributed by atoms with E-state index in [1.807, 2.05) is 17.0 Å². The van der Waals surface area contributed by atoms with Crippen LogP contribution in [-0.4, -0.2) is 71.9 Å². The molecule has 3 heterocycles. The smallest absolute Gasteiger partial charge is 0.250 e. The van der Waals surface area contributed by atoms with E-state index >= 15 is 0 Å². The van der Waals surface area contributed by atoms with Crippen LogP contribution < -0.4 is 11.1 Å². The Bertz CT molecular complexity index is 848. The third-order valence-corrected chi connectivity index (χ3v) is 5.95. The lowest BCUT2D eigenvalue weighted by atomic mass is 10.0. The van der Waals surface area contributed by atoms with Crippen molar-refractivity contribution < 1.29 is 9.59 Å². The second-order valence-corrected chi connectivity index (χ2v) is 7.70. The number of rotatable bonds is 5. The Balaban J connectivity index is 1.32. The average Bonchev–Trinajstić information content (AvgIpc) is 3.20. The van der Waals surface area contributed by atoms with Gasteiger partial charge in [-0.3, -0.25) is 14.5 Å². The summed E-state index contributed by atoms with van der Waals surface area (Å²) < 4.78 is 0. The van der Waals surface area contributed by atoms with Crippen LogP contribution in [0.4, 0.5) is 0 Å². The van der Waals surface area contributed by atoms with Gasteiger partial charge in [-0.15, -0.1) is 0 Å². The number of aromatic amines is 1. The highest BCUT2D eigenvalue weighted by Gasteiger charge is 2.26. The molecule has 4 N–H and O–H groups in total. The Hall–Kier alpha value is -2.38. The quantitative estimate of drug-likeness (QED) is 0.716. The molecule has 0 atom stereocenters. The van der Waals surface area contributed by atoms with E-state index in [1.54, 1.807) is 18.7 Å². The molecular weight excluding hydrogens is 354 g/mol. The van der Waals surface area contributed by atoms with Crippen molar-refractivity contribution in [2.24, 2.45) is 5.73 Å². The number of H-pyrrole nitrogens is 1. The van der Waals surface area contributed by atoms with Crippen molar-refractivity contribution >= 4 is 22.7 Å². The molecule has 1 aromatic heterocycles. The number of primary amides is 1. The van der Waals surface area contributed by atoms with E-state index in [-0.39, 0.29) is 5.91 Å². The lowest BCUT2D eigenvalue weighted by Crippen LogP contribution is -2.54. The normalized spacial score (nSPS) is 19.2. The summed E-state index contributed by atoms with van der Waals surface area (Å²) in [6.45, 7) is 5.65. The molecule has 7 nitrogen and oxygen atoms in total. The van der Waals surface area contributed by atoms with Crippen molar-refractivity contribution in [1.82, 2.24) is 20.1 Å². The van der Waals surface area contributed by atoms with E-state index < -0.39 is 5.91 Å². The van der Waals surface area contributed by atoms with Gasteiger partial charge in [0, 0.05) is 43.8 Å². The van der Waals surface area contributed by atoms with Crippen LogP contribution in [0, 0.1) is 6.42 Å². The maximum atomic E-state index is 12.6. The van der Waals surface area contributed by atoms with Crippen LogP contribution in [0.2, 0.25) is 0 Å². The molecule has 2 saturated heterocycles. The first-order valence-electron chi connectivity index (χ1n) is 10.1. The van der Waals surface area contributed by atoms with Gasteiger partial charge in [0.2, 0.25) is 5.91 Å². The van der Waals surface area contributed by atoms with Crippen molar-refractivity contribution in [3.8, 4) is 0 Å². The van der Waals surface area contributed by atoms with Crippen molar-refractivity contribution in [3.05, 3.63) is 41.9 Å². The van der Waals surface area contributed by atoms with Crippen LogP contribution in [0.3, 0.4) is 0 Å². The molecular formula is C21H28N5O2. The molecule has 7 heteroatoms. The van der Waals surface area contributed by atoms with E-state index in [2.05, 4.69) is 15.2 Å². The van der Waals surface area contributed by atoms with Crippen LogP contribution >= 0.6 is 0 Å². The van der Waals surface area contributed by atoms with Gasteiger partial charge in [-0.1, -0.05) is 0 Å². The molecule has 2 aliphatic heterocycles. The largest absolute Gasteiger partial charge is 0.366 e. The highest BCUT2D eigenvalue weighted by molar-refractivity contribution is 6.05. The minimum absolute atomic E-state index is 0.0692. The highest BCUT2D eigenvalue weighted by Crippen LogP contribution is 2.21. The second kappa shape index (κ2) is 8.32. The zero-order valence-electron chi connectivity index (χ0n) is 16.1. The topological polar surface area (TPSA) is 94.5 Å². The molecule has 28 heavy (non-hydrogen) atoms. The van der Waals surface area contributed by atoms with Crippen molar-refractivity contribution in [3.63, 3.8) is 0 Å². The number of fused-ring (bicyclic) bond motifs is 1. The van der Waals surface area contributed by atoms with Crippen LogP contribution in [0.1, 0.15) is 28.8 Å². The standard InChI is InChI=1S/C21H28N5O2/c22-21(28)18-14-15(13-16-3-8-24-20(16)18)1-2-19(27)26-11-9-25(10-12-26)17-4-6-23-7-5-17/h2-3,8,13-14,17,23-24H,1,4-7,9-12H2,(H2,22,28). The van der Waals surface area contributed by atoms with Crippen LogP contribution in [0.25, 0.3) is 10.9 Å². The van der Waals surface area contributed by atoms with Crippen LogP contribution in [0.15, 0.2) is 24.4 Å². The Labute approximate surface area is 165 Å². The number of nitrogens with one attached hydrogen (secondary N) is 2. The van der Waals surface area contributed by atoms with E-state index in [1.165, 1.54) is 12.8 Å². The predicted octanol–water partition coefficient (Wildman–Crippen LogP) is 0.910. The first-order chi connectivity index (χ1) is 13.6. The first kappa shape index (κ1) is 19.0. The van der Waals surface area contributed by atoms with E-state index in [4.69, 9.17) is 5.73 Å². The maximum Gasteiger partial charge on any atom is 0.250 e. The van der Waals surface area contributed by atoms with Gasteiger partial charge in [-0.2, -0.15) is 0 Å². The summed E-state index contributed by atoms with van der Waals surface area (Å²) in [5.74, 6) is -0.394. The van der Waals surface area contributed by atoms with Gasteiger partial charge >= 0.3 is 0 Å². The molecule has 0 saturated carbocycles. The van der Waals surface area contributed by atoms with Gasteiger partial charge in [0.05, 0.1) is 17.5 Å². The summed E-state index contributed by atoms with van der Waals surface area (Å²) in [6, 6.07) is 6.34. The number of hydrogen-bond acceptors (Lipinski definition) is 4. The number of hydrogen-bond donors (Lipinski definition) is 3. The summed E-state index contributed by atoms with van der Waals surface area (Å²) in [5.41, 5.74) is 7.63. The molecule has 0 bridgehead atoms. The number of benzene rings is 1. The molecule has 2 aromatic rings. The SMILES string of the molecule is NC(=O)c1cc(C[CH]C(=O)N2CCN(C3CCNCC3)CC2)cc2cc[nH]c12. The summed E-state index contributed by atoms with van der Waals surface area (Å²) in [4.78, 5) is 31.9. The lowest BCUT2D eigenvalue weighted by molar-refractivity contribution is -0.129. The Morgan fingerprint density at radius 2 is 1.89 bits per heavy atom. The number of amides is 2. The zero-order chi connectivity index (χ0) is 19.5. The second-order valence-electron chi connectivity index (χ2n) is 7.70.